The molecule has 0 saturated carbocycles. The number of benzene rings is 3. The maximum absolute atomic E-state index is 13.0. The topological polar surface area (TPSA) is 47.2 Å². The van der Waals surface area contributed by atoms with Crippen molar-refractivity contribution in [3.05, 3.63) is 84.9 Å². The molecule has 0 radical (unpaired) electrons. The number of amides is 1. The van der Waals surface area contributed by atoms with Crippen LogP contribution in [0, 0.1) is 0 Å². The van der Waals surface area contributed by atoms with Crippen LogP contribution in [-0.4, -0.2) is 51.3 Å². The van der Waals surface area contributed by atoms with Gasteiger partial charge in [0.1, 0.15) is 45.1 Å². The number of hydrogen-bond donors (Lipinski definition) is 3. The molecule has 3 aromatic rings. The van der Waals surface area contributed by atoms with Crippen LogP contribution in [0.3, 0.4) is 0 Å². The number of para-hydroxylation sites is 2. The Morgan fingerprint density at radius 1 is 0.875 bits per heavy atom. The van der Waals surface area contributed by atoms with E-state index in [9.17, 15) is 4.79 Å². The fourth-order valence-electron chi connectivity index (χ4n) is 4.33. The van der Waals surface area contributed by atoms with Gasteiger partial charge in [0.25, 0.3) is 5.91 Å². The van der Waals surface area contributed by atoms with Crippen LogP contribution in [0.4, 0.5) is 5.69 Å². The third-order valence-electron chi connectivity index (χ3n) is 6.34. The molecule has 32 heavy (non-hydrogen) atoms. The Kier molecular flexibility index (Phi) is 7.54. The molecule has 1 aliphatic rings. The lowest BCUT2D eigenvalue weighted by molar-refractivity contribution is -1.02. The average molecular weight is 432 g/mol. The molecule has 0 spiro atoms. The molecule has 1 amide bonds. The predicted molar refractivity (Wildman–Crippen MR) is 128 cm³/mol. The third-order valence-corrected chi connectivity index (χ3v) is 6.34. The summed E-state index contributed by atoms with van der Waals surface area (Å²) in [7, 11) is 0. The van der Waals surface area contributed by atoms with E-state index in [1.807, 2.05) is 73.7 Å². The molecule has 5 nitrogen and oxygen atoms in total. The lowest BCUT2D eigenvalue weighted by Crippen LogP contribution is -3.30. The van der Waals surface area contributed by atoms with Crippen LogP contribution in [-0.2, 0) is 4.79 Å². The Bertz CT molecular complexity index is 986. The standard InChI is InChI=1S/C27H31N3O2/c1-22(27(31)28-26-15-9-8-14-25(26)23-10-4-2-5-11-23)30-18-16-29(17-19-30)20-21-32-24-12-6-3-7-13-24/h2-15,22H,16-21H2,1H3,(H,28,31)/p+2/t22-/m1/s1. The van der Waals surface area contributed by atoms with E-state index in [1.54, 1.807) is 4.90 Å². The summed E-state index contributed by atoms with van der Waals surface area (Å²) in [6, 6.07) is 28.1. The van der Waals surface area contributed by atoms with E-state index in [1.165, 1.54) is 4.90 Å². The van der Waals surface area contributed by atoms with Gasteiger partial charge in [-0.1, -0.05) is 66.7 Å². The van der Waals surface area contributed by atoms with Crippen LogP contribution in [0.1, 0.15) is 6.92 Å². The van der Waals surface area contributed by atoms with Gasteiger partial charge in [-0.3, -0.25) is 4.79 Å². The van der Waals surface area contributed by atoms with Gasteiger partial charge in [0.05, 0.1) is 0 Å². The zero-order chi connectivity index (χ0) is 22.2. The highest BCUT2D eigenvalue weighted by molar-refractivity contribution is 5.97. The van der Waals surface area contributed by atoms with E-state index >= 15 is 0 Å². The van der Waals surface area contributed by atoms with Crippen LogP contribution in [0.2, 0.25) is 0 Å². The highest BCUT2D eigenvalue weighted by Crippen LogP contribution is 2.27. The molecule has 3 aromatic carbocycles. The minimum absolute atomic E-state index is 0.0825. The Balaban J connectivity index is 1.27. The first-order valence-electron chi connectivity index (χ1n) is 11.5. The van der Waals surface area contributed by atoms with Gasteiger partial charge in [0.2, 0.25) is 0 Å². The highest BCUT2D eigenvalue weighted by atomic mass is 16.5. The smallest absolute Gasteiger partial charge is 0.282 e. The number of anilines is 1. The summed E-state index contributed by atoms with van der Waals surface area (Å²) in [5, 5.41) is 3.18. The fourth-order valence-corrected chi connectivity index (χ4v) is 4.33. The first kappa shape index (κ1) is 22.1. The largest absolute Gasteiger partial charge is 0.488 e. The van der Waals surface area contributed by atoms with E-state index in [4.69, 9.17) is 4.74 Å². The Hall–Kier alpha value is -3.15. The molecule has 3 N–H and O–H groups in total. The van der Waals surface area contributed by atoms with E-state index < -0.39 is 0 Å². The molecule has 5 heteroatoms. The number of ether oxygens (including phenoxy) is 1. The second-order valence-corrected chi connectivity index (χ2v) is 8.44. The van der Waals surface area contributed by atoms with Crippen molar-refractivity contribution in [2.45, 2.75) is 13.0 Å². The number of carbonyl (C=O) groups excluding carboxylic acids is 1. The lowest BCUT2D eigenvalue weighted by Gasteiger charge is -2.32. The van der Waals surface area contributed by atoms with Crippen LogP contribution >= 0.6 is 0 Å². The third kappa shape index (κ3) is 5.75. The van der Waals surface area contributed by atoms with Gasteiger partial charge >= 0.3 is 0 Å². The van der Waals surface area contributed by atoms with E-state index in [-0.39, 0.29) is 11.9 Å². The molecule has 1 aliphatic heterocycles. The minimum Gasteiger partial charge on any atom is -0.488 e. The van der Waals surface area contributed by atoms with Gasteiger partial charge in [0, 0.05) is 11.3 Å². The zero-order valence-corrected chi connectivity index (χ0v) is 18.7. The van der Waals surface area contributed by atoms with Gasteiger partial charge in [-0.15, -0.1) is 0 Å². The molecular weight excluding hydrogens is 398 g/mol. The monoisotopic (exact) mass is 431 g/mol. The van der Waals surface area contributed by atoms with E-state index in [2.05, 4.69) is 23.5 Å². The molecule has 0 aliphatic carbocycles. The van der Waals surface area contributed by atoms with Crippen LogP contribution in [0.25, 0.3) is 11.1 Å². The van der Waals surface area contributed by atoms with Crippen molar-refractivity contribution in [1.29, 1.82) is 0 Å². The van der Waals surface area contributed by atoms with Crippen molar-refractivity contribution < 1.29 is 19.3 Å². The molecule has 0 bridgehead atoms. The number of hydrogen-bond acceptors (Lipinski definition) is 2. The first-order chi connectivity index (χ1) is 15.7. The summed E-state index contributed by atoms with van der Waals surface area (Å²) in [4.78, 5) is 15.9. The number of rotatable bonds is 8. The molecule has 1 saturated heterocycles. The summed E-state index contributed by atoms with van der Waals surface area (Å²) in [5.74, 6) is 1.01. The molecule has 1 atom stereocenters. The average Bonchev–Trinajstić information content (AvgIpc) is 2.85. The second kappa shape index (κ2) is 10.9. The SMILES string of the molecule is C[C@H](C(=O)Nc1ccccc1-c1ccccc1)[NH+]1CC[NH+](CCOc2ccccc2)CC1. The summed E-state index contributed by atoms with van der Waals surface area (Å²) >= 11 is 0. The van der Waals surface area contributed by atoms with Crippen molar-refractivity contribution >= 4 is 11.6 Å². The Morgan fingerprint density at radius 3 is 2.22 bits per heavy atom. The fraction of sp³-hybridized carbons (Fsp3) is 0.296. The summed E-state index contributed by atoms with van der Waals surface area (Å²) < 4.78 is 5.84. The van der Waals surface area contributed by atoms with Gasteiger partial charge in [-0.25, -0.2) is 0 Å². The maximum atomic E-state index is 13.0. The van der Waals surface area contributed by atoms with Crippen LogP contribution in [0.15, 0.2) is 84.9 Å². The number of nitrogens with one attached hydrogen (secondary N) is 3. The molecule has 4 rings (SSSR count). The van der Waals surface area contributed by atoms with Gasteiger partial charge < -0.3 is 19.9 Å². The molecule has 1 fully saturated rings. The summed E-state index contributed by atoms with van der Waals surface area (Å²) in [6.45, 7) is 7.87. The zero-order valence-electron chi connectivity index (χ0n) is 18.7. The van der Waals surface area contributed by atoms with Crippen molar-refractivity contribution in [2.75, 3.05) is 44.6 Å². The quantitative estimate of drug-likeness (QED) is 0.507. The Morgan fingerprint density at radius 2 is 1.50 bits per heavy atom. The number of piperazine rings is 1. The first-order valence-corrected chi connectivity index (χ1v) is 11.5. The normalized spacial score (nSPS) is 19.2. The predicted octanol–water partition coefficient (Wildman–Crippen LogP) is 1.54. The molecule has 1 heterocycles. The van der Waals surface area contributed by atoms with Crippen molar-refractivity contribution in [1.82, 2.24) is 0 Å². The maximum Gasteiger partial charge on any atom is 0.282 e. The van der Waals surface area contributed by atoms with Crippen molar-refractivity contribution in [2.24, 2.45) is 0 Å². The van der Waals surface area contributed by atoms with Crippen molar-refractivity contribution in [3.63, 3.8) is 0 Å². The molecule has 0 unspecified atom stereocenters. The lowest BCUT2D eigenvalue weighted by atomic mass is 10.0. The number of carbonyl (C=O) groups is 1. The Labute approximate surface area is 190 Å². The van der Waals surface area contributed by atoms with Crippen LogP contribution in [0.5, 0.6) is 5.75 Å². The van der Waals surface area contributed by atoms with E-state index in [0.717, 1.165) is 61.9 Å². The molecular formula is C27H33N3O2+2. The van der Waals surface area contributed by atoms with Gasteiger partial charge in [-0.2, -0.15) is 0 Å². The van der Waals surface area contributed by atoms with E-state index in [0.29, 0.717) is 0 Å². The van der Waals surface area contributed by atoms with Gasteiger partial charge in [0.15, 0.2) is 6.04 Å². The highest BCUT2D eigenvalue weighted by Gasteiger charge is 2.31. The molecule has 166 valence electrons. The van der Waals surface area contributed by atoms with Crippen LogP contribution < -0.4 is 19.9 Å². The van der Waals surface area contributed by atoms with Crippen molar-refractivity contribution in [3.8, 4) is 16.9 Å². The number of quaternary nitrogens is 2. The molecule has 0 aromatic heterocycles. The second-order valence-electron chi connectivity index (χ2n) is 8.44. The summed E-state index contributed by atoms with van der Waals surface area (Å²) in [5.41, 5.74) is 3.03. The summed E-state index contributed by atoms with van der Waals surface area (Å²) in [6.07, 6.45) is 0. The minimum atomic E-state index is -0.0825. The van der Waals surface area contributed by atoms with Gasteiger partial charge in [-0.05, 0) is 30.7 Å².